The van der Waals surface area contributed by atoms with Crippen LogP contribution in [0.1, 0.15) is 42.0 Å². The Morgan fingerprint density at radius 1 is 1.02 bits per heavy atom. The van der Waals surface area contributed by atoms with Crippen molar-refractivity contribution in [3.8, 4) is 28.6 Å². The lowest BCUT2D eigenvalue weighted by Crippen LogP contribution is -2.21. The summed E-state index contributed by atoms with van der Waals surface area (Å²) in [6, 6.07) is 19.2. The Hall–Kier alpha value is -5.58. The molecule has 0 radical (unpaired) electrons. The minimum absolute atomic E-state index is 0.0496. The van der Waals surface area contributed by atoms with Crippen LogP contribution in [-0.2, 0) is 6.61 Å². The highest BCUT2D eigenvalue weighted by atomic mass is 19.1. The molecule has 0 aliphatic carbocycles. The Morgan fingerprint density at radius 2 is 1.73 bits per heavy atom. The summed E-state index contributed by atoms with van der Waals surface area (Å²) < 4.78 is 31.3. The van der Waals surface area contributed by atoms with E-state index in [1.165, 1.54) is 54.4 Å². The molecule has 1 aromatic heterocycles. The van der Waals surface area contributed by atoms with Gasteiger partial charge in [0.1, 0.15) is 18.2 Å². The number of hydrogen-bond donors (Lipinski definition) is 0. The first kappa shape index (κ1) is 30.9. The highest BCUT2D eigenvalue weighted by molar-refractivity contribution is 5.84. The molecule has 5 aromatic rings. The molecular weight excluding hydrogens is 579 g/mol. The third-order valence-corrected chi connectivity index (χ3v) is 7.29. The molecule has 5 rings (SSSR count). The van der Waals surface area contributed by atoms with E-state index in [-0.39, 0.29) is 35.3 Å². The SMILES string of the molecule is COc1cc(C)c(-c2nc3ccccc3c(=O)n2N=Cc2cc(OC)c(OCc3ccc(F)cc3)c([N+](=O)[O-])c2)cc1C(C)C. The number of methoxy groups -OCH3 is 2. The third-order valence-electron chi connectivity index (χ3n) is 7.29. The van der Waals surface area contributed by atoms with Crippen LogP contribution in [0.4, 0.5) is 10.1 Å². The molecule has 0 spiro atoms. The minimum atomic E-state index is -0.594. The van der Waals surface area contributed by atoms with Crippen LogP contribution in [0.3, 0.4) is 0 Å². The first-order valence-electron chi connectivity index (χ1n) is 14.1. The topological polar surface area (TPSA) is 118 Å². The molecule has 45 heavy (non-hydrogen) atoms. The maximum Gasteiger partial charge on any atom is 0.315 e. The Bertz CT molecular complexity index is 1990. The molecule has 0 saturated heterocycles. The highest BCUT2D eigenvalue weighted by Crippen LogP contribution is 2.39. The first-order chi connectivity index (χ1) is 21.6. The fraction of sp³-hybridized carbons (Fsp3) is 0.206. The fourth-order valence-corrected chi connectivity index (χ4v) is 4.95. The van der Waals surface area contributed by atoms with Crippen LogP contribution in [-0.4, -0.2) is 35.0 Å². The molecule has 11 heteroatoms. The number of benzene rings is 4. The van der Waals surface area contributed by atoms with E-state index in [0.717, 1.165) is 16.9 Å². The lowest BCUT2D eigenvalue weighted by Gasteiger charge is -2.17. The number of ether oxygens (including phenoxy) is 3. The van der Waals surface area contributed by atoms with E-state index in [1.54, 1.807) is 31.4 Å². The maximum absolute atomic E-state index is 13.8. The summed E-state index contributed by atoms with van der Waals surface area (Å²) in [5.41, 5.74) is 3.08. The molecule has 4 aromatic carbocycles. The summed E-state index contributed by atoms with van der Waals surface area (Å²) in [5, 5.41) is 17.0. The van der Waals surface area contributed by atoms with Crippen molar-refractivity contribution in [1.82, 2.24) is 9.66 Å². The lowest BCUT2D eigenvalue weighted by molar-refractivity contribution is -0.386. The minimum Gasteiger partial charge on any atom is -0.496 e. The van der Waals surface area contributed by atoms with Crippen LogP contribution in [0.5, 0.6) is 17.2 Å². The van der Waals surface area contributed by atoms with E-state index < -0.39 is 16.3 Å². The number of nitro benzene ring substituents is 1. The average molecular weight is 611 g/mol. The first-order valence-corrected chi connectivity index (χ1v) is 14.1. The molecule has 0 bridgehead atoms. The van der Waals surface area contributed by atoms with Crippen molar-refractivity contribution >= 4 is 22.8 Å². The van der Waals surface area contributed by atoms with Gasteiger partial charge in [-0.25, -0.2) is 9.37 Å². The summed E-state index contributed by atoms with van der Waals surface area (Å²) in [6.07, 6.45) is 1.34. The van der Waals surface area contributed by atoms with Gasteiger partial charge in [-0.05, 0) is 72.0 Å². The van der Waals surface area contributed by atoms with Crippen LogP contribution in [0, 0.1) is 22.9 Å². The van der Waals surface area contributed by atoms with Gasteiger partial charge in [0.25, 0.3) is 5.56 Å². The van der Waals surface area contributed by atoms with E-state index in [0.29, 0.717) is 27.9 Å². The fourth-order valence-electron chi connectivity index (χ4n) is 4.95. The number of halogens is 1. The highest BCUT2D eigenvalue weighted by Gasteiger charge is 2.23. The van der Waals surface area contributed by atoms with Crippen LogP contribution in [0.2, 0.25) is 0 Å². The standard InChI is InChI=1S/C34H31FN4O6/c1-20(2)26-17-27(21(3)14-30(26)43-4)33-37-28-9-7-6-8-25(28)34(40)38(33)36-18-23-15-29(39(41)42)32(31(16-23)44-5)45-19-22-10-12-24(35)13-11-22/h6-18,20H,19H2,1-5H3. The number of nitrogens with zero attached hydrogens (tertiary/aromatic N) is 4. The maximum atomic E-state index is 13.8. The number of para-hydroxylation sites is 1. The van der Waals surface area contributed by atoms with Crippen LogP contribution >= 0.6 is 0 Å². The quantitative estimate of drug-likeness (QED) is 0.0947. The summed E-state index contributed by atoms with van der Waals surface area (Å²) in [7, 11) is 2.97. The van der Waals surface area contributed by atoms with Crippen LogP contribution < -0.4 is 19.8 Å². The Labute approximate surface area is 258 Å². The molecule has 0 aliphatic heterocycles. The summed E-state index contributed by atoms with van der Waals surface area (Å²) in [4.78, 5) is 30.1. The van der Waals surface area contributed by atoms with Crippen molar-refractivity contribution in [3.05, 3.63) is 121 Å². The zero-order valence-electron chi connectivity index (χ0n) is 25.4. The Balaban J connectivity index is 1.63. The summed E-state index contributed by atoms with van der Waals surface area (Å²) >= 11 is 0. The van der Waals surface area contributed by atoms with Gasteiger partial charge in [0, 0.05) is 17.2 Å². The van der Waals surface area contributed by atoms with Crippen molar-refractivity contribution in [2.24, 2.45) is 5.10 Å². The molecule has 0 fully saturated rings. The number of nitro groups is 1. The molecule has 0 amide bonds. The van der Waals surface area contributed by atoms with Gasteiger partial charge in [0.05, 0.1) is 36.3 Å². The van der Waals surface area contributed by atoms with E-state index in [2.05, 4.69) is 5.10 Å². The monoisotopic (exact) mass is 610 g/mol. The van der Waals surface area contributed by atoms with Crippen molar-refractivity contribution < 1.29 is 23.5 Å². The van der Waals surface area contributed by atoms with Crippen LogP contribution in [0.15, 0.2) is 82.7 Å². The zero-order chi connectivity index (χ0) is 32.2. The number of aryl methyl sites for hydroxylation is 1. The molecule has 0 N–H and O–H groups in total. The molecule has 1 heterocycles. The average Bonchev–Trinajstić information content (AvgIpc) is 3.03. The van der Waals surface area contributed by atoms with Crippen LogP contribution in [0.25, 0.3) is 22.3 Å². The number of aromatic nitrogens is 2. The van der Waals surface area contributed by atoms with Gasteiger partial charge in [0.2, 0.25) is 5.75 Å². The second-order valence-corrected chi connectivity index (χ2v) is 10.6. The molecule has 230 valence electrons. The van der Waals surface area contributed by atoms with Gasteiger partial charge >= 0.3 is 5.69 Å². The molecular formula is C34H31FN4O6. The summed E-state index contributed by atoms with van der Waals surface area (Å²) in [6.45, 7) is 5.94. The van der Waals surface area contributed by atoms with E-state index in [4.69, 9.17) is 19.2 Å². The van der Waals surface area contributed by atoms with Gasteiger partial charge in [-0.2, -0.15) is 9.78 Å². The van der Waals surface area contributed by atoms with Gasteiger partial charge in [0.15, 0.2) is 11.6 Å². The Kier molecular flexibility index (Phi) is 8.89. The van der Waals surface area contributed by atoms with Gasteiger partial charge in [-0.3, -0.25) is 14.9 Å². The van der Waals surface area contributed by atoms with E-state index >= 15 is 0 Å². The number of hydrogen-bond acceptors (Lipinski definition) is 8. The van der Waals surface area contributed by atoms with E-state index in [1.807, 2.05) is 32.9 Å². The molecule has 0 saturated carbocycles. The molecule has 10 nitrogen and oxygen atoms in total. The number of fused-ring (bicyclic) bond motifs is 1. The molecule has 0 unspecified atom stereocenters. The van der Waals surface area contributed by atoms with E-state index in [9.17, 15) is 19.3 Å². The third kappa shape index (κ3) is 6.37. The second kappa shape index (κ2) is 13.0. The Morgan fingerprint density at radius 3 is 2.40 bits per heavy atom. The van der Waals surface area contributed by atoms with Gasteiger partial charge in [-0.15, -0.1) is 0 Å². The van der Waals surface area contributed by atoms with Crippen molar-refractivity contribution in [2.75, 3.05) is 14.2 Å². The number of rotatable bonds is 10. The molecule has 0 aliphatic rings. The molecule has 0 atom stereocenters. The van der Waals surface area contributed by atoms with Crippen molar-refractivity contribution in [2.45, 2.75) is 33.3 Å². The zero-order valence-corrected chi connectivity index (χ0v) is 25.4. The predicted octanol–water partition coefficient (Wildman–Crippen LogP) is 7.02. The van der Waals surface area contributed by atoms with Crippen molar-refractivity contribution in [1.29, 1.82) is 0 Å². The predicted molar refractivity (Wildman–Crippen MR) is 170 cm³/mol. The van der Waals surface area contributed by atoms with Gasteiger partial charge in [-0.1, -0.05) is 38.1 Å². The van der Waals surface area contributed by atoms with Crippen molar-refractivity contribution in [3.63, 3.8) is 0 Å². The lowest BCUT2D eigenvalue weighted by atomic mass is 9.96. The smallest absolute Gasteiger partial charge is 0.315 e. The van der Waals surface area contributed by atoms with Gasteiger partial charge < -0.3 is 14.2 Å². The normalized spacial score (nSPS) is 11.4. The summed E-state index contributed by atoms with van der Waals surface area (Å²) in [5.74, 6) is 0.745. The largest absolute Gasteiger partial charge is 0.496 e. The second-order valence-electron chi connectivity index (χ2n) is 10.6.